The number of hydrogen-bond acceptors (Lipinski definition) is 5. The van der Waals surface area contributed by atoms with Crippen LogP contribution in [0.15, 0.2) is 0 Å². The van der Waals surface area contributed by atoms with Gasteiger partial charge in [-0.2, -0.15) is 0 Å². The lowest BCUT2D eigenvalue weighted by atomic mass is 10.3. The minimum atomic E-state index is -1.98. The largest absolute Gasteiger partial charge is 0.398 e. The van der Waals surface area contributed by atoms with Crippen LogP contribution in [0.25, 0.3) is 0 Å². The zero-order valence-corrected chi connectivity index (χ0v) is 20.6. The molecular weight excluding hydrogens is 354 g/mol. The van der Waals surface area contributed by atoms with Crippen molar-refractivity contribution in [3.8, 4) is 0 Å². The zero-order chi connectivity index (χ0) is 20.5. The van der Waals surface area contributed by atoms with Crippen LogP contribution in [-0.4, -0.2) is 96.4 Å². The van der Waals surface area contributed by atoms with Crippen molar-refractivity contribution in [3.63, 3.8) is 0 Å². The van der Waals surface area contributed by atoms with Gasteiger partial charge in [0, 0.05) is 26.8 Å². The van der Waals surface area contributed by atoms with Crippen LogP contribution in [0.4, 0.5) is 0 Å². The molecule has 6 heteroatoms. The molecule has 0 saturated carbocycles. The maximum Gasteiger partial charge on any atom is 0.335 e. The van der Waals surface area contributed by atoms with Crippen molar-refractivity contribution in [2.75, 3.05) is 73.1 Å². The molecule has 0 aliphatic rings. The fraction of sp³-hybridized carbons (Fsp3) is 1.00. The van der Waals surface area contributed by atoms with E-state index in [0.29, 0.717) is 0 Å². The first kappa shape index (κ1) is 27.0. The van der Waals surface area contributed by atoms with Crippen molar-refractivity contribution in [1.82, 2.24) is 14.7 Å². The Morgan fingerprint density at radius 3 is 1.33 bits per heavy atom. The van der Waals surface area contributed by atoms with Gasteiger partial charge in [0.2, 0.25) is 0 Å². The first-order chi connectivity index (χ1) is 13.0. The SMILES string of the molecule is CCCN(CC)CCCN(CCCN(CC)CCC)CC[Si](C)(OC)OC. The Hall–Kier alpha value is 0.0169. The average Bonchev–Trinajstić information content (AvgIpc) is 2.69. The summed E-state index contributed by atoms with van der Waals surface area (Å²) in [6.07, 6.45) is 4.98. The summed E-state index contributed by atoms with van der Waals surface area (Å²) in [7, 11) is 1.62. The molecule has 0 N–H and O–H groups in total. The van der Waals surface area contributed by atoms with Gasteiger partial charge in [-0.15, -0.1) is 0 Å². The van der Waals surface area contributed by atoms with Crippen LogP contribution in [0.1, 0.15) is 53.4 Å². The second-order valence-corrected chi connectivity index (χ2v) is 11.3. The fourth-order valence-corrected chi connectivity index (χ4v) is 4.81. The first-order valence-corrected chi connectivity index (χ1v) is 13.8. The number of nitrogens with zero attached hydrogens (tertiary/aromatic N) is 3. The van der Waals surface area contributed by atoms with Gasteiger partial charge in [-0.1, -0.05) is 27.7 Å². The van der Waals surface area contributed by atoms with Crippen molar-refractivity contribution in [2.24, 2.45) is 0 Å². The molecule has 0 aliphatic heterocycles. The van der Waals surface area contributed by atoms with E-state index in [4.69, 9.17) is 8.85 Å². The predicted octanol–water partition coefficient (Wildman–Crippen LogP) is 3.90. The van der Waals surface area contributed by atoms with E-state index in [2.05, 4.69) is 48.9 Å². The molecule has 27 heavy (non-hydrogen) atoms. The van der Waals surface area contributed by atoms with Crippen LogP contribution < -0.4 is 0 Å². The molecule has 0 unspecified atom stereocenters. The van der Waals surface area contributed by atoms with E-state index in [9.17, 15) is 0 Å². The molecule has 0 heterocycles. The molecule has 0 spiro atoms. The van der Waals surface area contributed by atoms with E-state index in [1.165, 1.54) is 65.0 Å². The van der Waals surface area contributed by atoms with Gasteiger partial charge in [0.05, 0.1) is 0 Å². The number of rotatable bonds is 19. The predicted molar refractivity (Wildman–Crippen MR) is 121 cm³/mol. The van der Waals surface area contributed by atoms with E-state index in [-0.39, 0.29) is 0 Å². The molecule has 0 aromatic rings. The maximum absolute atomic E-state index is 5.69. The summed E-state index contributed by atoms with van der Waals surface area (Å²) in [6.45, 7) is 21.9. The van der Waals surface area contributed by atoms with Crippen molar-refractivity contribution in [1.29, 1.82) is 0 Å². The van der Waals surface area contributed by atoms with E-state index in [1.807, 2.05) is 0 Å². The quantitative estimate of drug-likeness (QED) is 0.305. The molecule has 0 aliphatic carbocycles. The third-order valence-electron chi connectivity index (χ3n) is 5.62. The van der Waals surface area contributed by atoms with Gasteiger partial charge < -0.3 is 23.6 Å². The highest BCUT2D eigenvalue weighted by atomic mass is 28.4. The summed E-state index contributed by atoms with van der Waals surface area (Å²) in [4.78, 5) is 7.78. The Morgan fingerprint density at radius 2 is 1.00 bits per heavy atom. The summed E-state index contributed by atoms with van der Waals surface area (Å²) in [5, 5.41) is 0. The second-order valence-electron chi connectivity index (χ2n) is 7.71. The van der Waals surface area contributed by atoms with E-state index in [1.54, 1.807) is 14.2 Å². The van der Waals surface area contributed by atoms with Gasteiger partial charge in [0.15, 0.2) is 0 Å². The Kier molecular flexibility index (Phi) is 16.9. The van der Waals surface area contributed by atoms with E-state index < -0.39 is 8.56 Å². The molecule has 5 nitrogen and oxygen atoms in total. The van der Waals surface area contributed by atoms with Crippen LogP contribution in [0.3, 0.4) is 0 Å². The number of hydrogen-bond donors (Lipinski definition) is 0. The summed E-state index contributed by atoms with van der Waals surface area (Å²) in [5.41, 5.74) is 0. The third-order valence-corrected chi connectivity index (χ3v) is 8.48. The first-order valence-electron chi connectivity index (χ1n) is 11.3. The smallest absolute Gasteiger partial charge is 0.335 e. The monoisotopic (exact) mass is 403 g/mol. The third kappa shape index (κ3) is 13.0. The zero-order valence-electron chi connectivity index (χ0n) is 19.6. The molecule has 0 fully saturated rings. The standard InChI is InChI=1S/C21H49N3O2Si/c1-8-14-22(10-3)16-12-18-24(20-21-27(7,25-5)26-6)19-13-17-23(11-4)15-9-2/h8-21H2,1-7H3. The van der Waals surface area contributed by atoms with Crippen molar-refractivity contribution < 1.29 is 8.85 Å². The molecule has 0 rings (SSSR count). The fourth-order valence-electron chi connectivity index (χ4n) is 3.51. The molecule has 0 atom stereocenters. The molecule has 0 amide bonds. The lowest BCUT2D eigenvalue weighted by molar-refractivity contribution is 0.205. The van der Waals surface area contributed by atoms with Gasteiger partial charge in [-0.3, -0.25) is 0 Å². The van der Waals surface area contributed by atoms with Gasteiger partial charge >= 0.3 is 8.56 Å². The van der Waals surface area contributed by atoms with Crippen molar-refractivity contribution in [2.45, 2.75) is 66.0 Å². The van der Waals surface area contributed by atoms with Crippen molar-refractivity contribution >= 4 is 8.56 Å². The van der Waals surface area contributed by atoms with Gasteiger partial charge in [0.25, 0.3) is 0 Å². The Bertz CT molecular complexity index is 311. The summed E-state index contributed by atoms with van der Waals surface area (Å²) < 4.78 is 11.4. The summed E-state index contributed by atoms with van der Waals surface area (Å²) in [5.74, 6) is 0. The maximum atomic E-state index is 5.69. The summed E-state index contributed by atoms with van der Waals surface area (Å²) in [6, 6.07) is 1.04. The van der Waals surface area contributed by atoms with Crippen LogP contribution in [0.5, 0.6) is 0 Å². The second kappa shape index (κ2) is 16.9. The molecular formula is C21H49N3O2Si. The Labute approximate surface area is 171 Å². The highest BCUT2D eigenvalue weighted by Crippen LogP contribution is 2.13. The van der Waals surface area contributed by atoms with Crippen molar-refractivity contribution in [3.05, 3.63) is 0 Å². The minimum Gasteiger partial charge on any atom is -0.398 e. The molecule has 0 radical (unpaired) electrons. The molecule has 164 valence electrons. The Morgan fingerprint density at radius 1 is 0.593 bits per heavy atom. The lowest BCUT2D eigenvalue weighted by Gasteiger charge is -2.29. The van der Waals surface area contributed by atoms with Crippen LogP contribution in [0, 0.1) is 0 Å². The average molecular weight is 404 g/mol. The Balaban J connectivity index is 4.51. The van der Waals surface area contributed by atoms with Gasteiger partial charge in [0.1, 0.15) is 0 Å². The molecule has 0 saturated heterocycles. The summed E-state index contributed by atoms with van der Waals surface area (Å²) >= 11 is 0. The molecule has 0 aromatic carbocycles. The van der Waals surface area contributed by atoms with Gasteiger partial charge in [-0.05, 0) is 84.6 Å². The lowest BCUT2D eigenvalue weighted by Crippen LogP contribution is -2.41. The van der Waals surface area contributed by atoms with E-state index in [0.717, 1.165) is 25.7 Å². The van der Waals surface area contributed by atoms with Crippen LogP contribution in [0.2, 0.25) is 12.6 Å². The van der Waals surface area contributed by atoms with Crippen LogP contribution in [-0.2, 0) is 8.85 Å². The highest BCUT2D eigenvalue weighted by Gasteiger charge is 2.29. The van der Waals surface area contributed by atoms with Gasteiger partial charge in [-0.25, -0.2) is 0 Å². The minimum absolute atomic E-state index is 1.04. The molecule has 0 aromatic heterocycles. The van der Waals surface area contributed by atoms with Crippen LogP contribution >= 0.6 is 0 Å². The van der Waals surface area contributed by atoms with E-state index >= 15 is 0 Å². The topological polar surface area (TPSA) is 28.2 Å². The normalized spacial score (nSPS) is 12.7. The molecule has 0 bridgehead atoms. The highest BCUT2D eigenvalue weighted by molar-refractivity contribution is 6.66.